The van der Waals surface area contributed by atoms with E-state index in [0.717, 1.165) is 11.4 Å². The van der Waals surface area contributed by atoms with Gasteiger partial charge in [0.1, 0.15) is 11.6 Å². The molecule has 1 aromatic heterocycles. The summed E-state index contributed by atoms with van der Waals surface area (Å²) >= 11 is 0. The quantitative estimate of drug-likeness (QED) is 0.655. The molecule has 5 heteroatoms. The van der Waals surface area contributed by atoms with Crippen LogP contribution >= 0.6 is 0 Å². The predicted octanol–water partition coefficient (Wildman–Crippen LogP) is 2.04. The summed E-state index contributed by atoms with van der Waals surface area (Å²) in [5.74, 6) is 6.31. The van der Waals surface area contributed by atoms with Gasteiger partial charge in [-0.3, -0.25) is 5.84 Å². The molecule has 0 aliphatic heterocycles. The second-order valence-corrected chi connectivity index (χ2v) is 5.22. The smallest absolute Gasteiger partial charge is 0.127 e. The highest BCUT2D eigenvalue weighted by Gasteiger charge is 2.34. The zero-order chi connectivity index (χ0) is 14.0. The van der Waals surface area contributed by atoms with Gasteiger partial charge in [0, 0.05) is 24.9 Å². The van der Waals surface area contributed by atoms with Crippen molar-refractivity contribution in [2.75, 3.05) is 0 Å². The van der Waals surface area contributed by atoms with E-state index in [1.807, 2.05) is 17.8 Å². The van der Waals surface area contributed by atoms with Crippen molar-refractivity contribution < 1.29 is 4.39 Å². The van der Waals surface area contributed by atoms with Crippen molar-refractivity contribution >= 4 is 0 Å². The highest BCUT2D eigenvalue weighted by atomic mass is 19.1. The summed E-state index contributed by atoms with van der Waals surface area (Å²) in [7, 11) is 1.92. The predicted molar refractivity (Wildman–Crippen MR) is 72.7 cm³/mol. The Morgan fingerprint density at radius 2 is 1.95 bits per heavy atom. The lowest BCUT2D eigenvalue weighted by atomic mass is 9.77. The summed E-state index contributed by atoms with van der Waals surface area (Å²) in [6.07, 6.45) is 3.61. The fraction of sp³-hybridized carbons (Fsp3) is 0.357. The van der Waals surface area contributed by atoms with E-state index >= 15 is 0 Å². The summed E-state index contributed by atoms with van der Waals surface area (Å²) in [6, 6.07) is 6.31. The molecule has 0 radical (unpaired) electrons. The van der Waals surface area contributed by atoms with E-state index in [1.54, 1.807) is 18.3 Å². The van der Waals surface area contributed by atoms with Crippen LogP contribution in [0.3, 0.4) is 0 Å². The number of hydrogen-bond acceptors (Lipinski definition) is 3. The van der Waals surface area contributed by atoms with Crippen LogP contribution < -0.4 is 11.3 Å². The summed E-state index contributed by atoms with van der Waals surface area (Å²) in [6.45, 7) is 4.11. The third kappa shape index (κ3) is 2.52. The molecule has 19 heavy (non-hydrogen) atoms. The van der Waals surface area contributed by atoms with Gasteiger partial charge in [0.05, 0.1) is 6.04 Å². The molecule has 1 atom stereocenters. The molecule has 0 saturated carbocycles. The van der Waals surface area contributed by atoms with Crippen molar-refractivity contribution in [2.45, 2.75) is 25.3 Å². The number of imidazole rings is 1. The number of hydrogen-bond donors (Lipinski definition) is 2. The molecule has 4 nitrogen and oxygen atoms in total. The number of rotatable bonds is 4. The van der Waals surface area contributed by atoms with Crippen LogP contribution in [-0.4, -0.2) is 9.55 Å². The normalized spacial score (nSPS) is 13.5. The molecule has 0 aliphatic rings. The lowest BCUT2D eigenvalue weighted by Gasteiger charge is -2.34. The second kappa shape index (κ2) is 5.11. The van der Waals surface area contributed by atoms with E-state index in [-0.39, 0.29) is 17.3 Å². The van der Waals surface area contributed by atoms with E-state index < -0.39 is 0 Å². The Labute approximate surface area is 112 Å². The molecule has 102 valence electrons. The number of nitrogens with two attached hydrogens (primary N) is 1. The summed E-state index contributed by atoms with van der Waals surface area (Å²) in [5, 5.41) is 0. The number of halogens is 1. The number of aromatic nitrogens is 2. The van der Waals surface area contributed by atoms with Crippen LogP contribution in [0.5, 0.6) is 0 Å². The van der Waals surface area contributed by atoms with Crippen molar-refractivity contribution in [1.29, 1.82) is 0 Å². The molecule has 0 fully saturated rings. The molecule has 2 aromatic rings. The van der Waals surface area contributed by atoms with E-state index in [4.69, 9.17) is 5.84 Å². The standard InChI is InChI=1S/C14H19FN4/c1-14(2,10-4-6-11(15)7-5-10)12(18-16)13-17-8-9-19(13)3/h4-9,12,18H,16H2,1-3H3. The Morgan fingerprint density at radius 1 is 1.32 bits per heavy atom. The molecule has 3 N–H and O–H groups in total. The number of nitrogens with zero attached hydrogens (tertiary/aromatic N) is 2. The topological polar surface area (TPSA) is 55.9 Å². The van der Waals surface area contributed by atoms with E-state index in [0.29, 0.717) is 0 Å². The van der Waals surface area contributed by atoms with Crippen molar-refractivity contribution in [3.63, 3.8) is 0 Å². The fourth-order valence-electron chi connectivity index (χ4n) is 2.31. The summed E-state index contributed by atoms with van der Waals surface area (Å²) in [4.78, 5) is 4.34. The first kappa shape index (κ1) is 13.7. The maximum absolute atomic E-state index is 13.0. The van der Waals surface area contributed by atoms with Crippen molar-refractivity contribution in [1.82, 2.24) is 15.0 Å². The second-order valence-electron chi connectivity index (χ2n) is 5.22. The van der Waals surface area contributed by atoms with Crippen LogP contribution in [0, 0.1) is 5.82 Å². The molecule has 0 spiro atoms. The van der Waals surface area contributed by atoms with Gasteiger partial charge in [0.2, 0.25) is 0 Å². The van der Waals surface area contributed by atoms with Crippen molar-refractivity contribution in [3.8, 4) is 0 Å². The molecular weight excluding hydrogens is 243 g/mol. The largest absolute Gasteiger partial charge is 0.337 e. The maximum atomic E-state index is 13.0. The highest BCUT2D eigenvalue weighted by molar-refractivity contribution is 5.28. The van der Waals surface area contributed by atoms with Gasteiger partial charge >= 0.3 is 0 Å². The van der Waals surface area contributed by atoms with E-state index in [9.17, 15) is 4.39 Å². The van der Waals surface area contributed by atoms with Gasteiger partial charge in [0.15, 0.2) is 0 Å². The fourth-order valence-corrected chi connectivity index (χ4v) is 2.31. The monoisotopic (exact) mass is 262 g/mol. The van der Waals surface area contributed by atoms with Crippen LogP contribution in [0.4, 0.5) is 4.39 Å². The molecule has 0 bridgehead atoms. The Morgan fingerprint density at radius 3 is 2.42 bits per heavy atom. The number of nitrogens with one attached hydrogen (secondary N) is 1. The molecule has 1 unspecified atom stereocenters. The minimum absolute atomic E-state index is 0.169. The average molecular weight is 262 g/mol. The molecule has 1 heterocycles. The van der Waals surface area contributed by atoms with Crippen LogP contribution in [0.1, 0.15) is 31.3 Å². The lowest BCUT2D eigenvalue weighted by molar-refractivity contribution is 0.332. The SMILES string of the molecule is Cn1ccnc1C(NN)C(C)(C)c1ccc(F)cc1. The lowest BCUT2D eigenvalue weighted by Crippen LogP contribution is -2.42. The van der Waals surface area contributed by atoms with Crippen LogP contribution in [0.2, 0.25) is 0 Å². The molecule has 2 rings (SSSR count). The van der Waals surface area contributed by atoms with Gasteiger partial charge in [-0.15, -0.1) is 0 Å². The Balaban J connectivity index is 2.41. The summed E-state index contributed by atoms with van der Waals surface area (Å²) in [5.41, 5.74) is 3.50. The van der Waals surface area contributed by atoms with Crippen LogP contribution in [-0.2, 0) is 12.5 Å². The number of benzene rings is 1. The minimum Gasteiger partial charge on any atom is -0.337 e. The van der Waals surface area contributed by atoms with Crippen LogP contribution in [0.15, 0.2) is 36.7 Å². The maximum Gasteiger partial charge on any atom is 0.127 e. The zero-order valence-electron chi connectivity index (χ0n) is 11.4. The Bertz CT molecular complexity index is 545. The zero-order valence-corrected chi connectivity index (χ0v) is 11.4. The first-order valence-electron chi connectivity index (χ1n) is 6.16. The first-order valence-corrected chi connectivity index (χ1v) is 6.16. The molecule has 0 aliphatic carbocycles. The van der Waals surface area contributed by atoms with E-state index in [2.05, 4.69) is 24.3 Å². The molecule has 1 aromatic carbocycles. The molecular formula is C14H19FN4. The minimum atomic E-state index is -0.318. The Hall–Kier alpha value is -1.72. The van der Waals surface area contributed by atoms with Crippen molar-refractivity contribution in [2.24, 2.45) is 12.9 Å². The van der Waals surface area contributed by atoms with Gasteiger partial charge in [-0.2, -0.15) is 0 Å². The van der Waals surface area contributed by atoms with E-state index in [1.165, 1.54) is 12.1 Å². The van der Waals surface area contributed by atoms with Gasteiger partial charge < -0.3 is 4.57 Å². The molecule has 0 amide bonds. The average Bonchev–Trinajstić information content (AvgIpc) is 2.77. The molecule has 0 saturated heterocycles. The van der Waals surface area contributed by atoms with Gasteiger partial charge in [0.25, 0.3) is 0 Å². The van der Waals surface area contributed by atoms with Gasteiger partial charge in [-0.05, 0) is 17.7 Å². The van der Waals surface area contributed by atoms with Gasteiger partial charge in [-0.1, -0.05) is 26.0 Å². The highest BCUT2D eigenvalue weighted by Crippen LogP contribution is 2.35. The first-order chi connectivity index (χ1) is 8.96. The Kier molecular flexibility index (Phi) is 3.68. The van der Waals surface area contributed by atoms with Crippen molar-refractivity contribution in [3.05, 3.63) is 53.9 Å². The summed E-state index contributed by atoms with van der Waals surface area (Å²) < 4.78 is 15.0. The van der Waals surface area contributed by atoms with Gasteiger partial charge in [-0.25, -0.2) is 14.8 Å². The number of aryl methyl sites for hydroxylation is 1. The number of hydrazine groups is 1. The third-order valence-electron chi connectivity index (χ3n) is 3.59. The third-order valence-corrected chi connectivity index (χ3v) is 3.59. The van der Waals surface area contributed by atoms with Crippen LogP contribution in [0.25, 0.3) is 0 Å².